The van der Waals surface area contributed by atoms with Gasteiger partial charge < -0.3 is 14.7 Å². The Kier molecular flexibility index (Phi) is 5.77. The van der Waals surface area contributed by atoms with Crippen molar-refractivity contribution < 1.29 is 0 Å². The fraction of sp³-hybridized carbons (Fsp3) is 0.234. The predicted molar refractivity (Wildman–Crippen MR) is 215 cm³/mol. The van der Waals surface area contributed by atoms with Crippen LogP contribution in [0.3, 0.4) is 0 Å². The fourth-order valence-corrected chi connectivity index (χ4v) is 11.1. The van der Waals surface area contributed by atoms with Gasteiger partial charge in [-0.05, 0) is 101 Å². The minimum absolute atomic E-state index is 0.0360. The van der Waals surface area contributed by atoms with Crippen molar-refractivity contribution in [1.82, 2.24) is 0 Å². The topological polar surface area (TPSA) is 9.72 Å². The maximum Gasteiger partial charge on any atom is 0.252 e. The summed E-state index contributed by atoms with van der Waals surface area (Å²) in [7, 11) is 0. The van der Waals surface area contributed by atoms with Crippen LogP contribution in [0.2, 0.25) is 0 Å². The number of hydrogen-bond donors (Lipinski definition) is 0. The zero-order chi connectivity index (χ0) is 34.3. The quantitative estimate of drug-likeness (QED) is 0.171. The summed E-state index contributed by atoms with van der Waals surface area (Å²) in [6.07, 6.45) is 5.03. The summed E-state index contributed by atoms with van der Waals surface area (Å²) in [5.74, 6) is 0. The second-order valence-corrected chi connectivity index (χ2v) is 16.4. The van der Waals surface area contributed by atoms with E-state index in [2.05, 4.69) is 176 Å². The average Bonchev–Trinajstić information content (AvgIpc) is 3.37. The van der Waals surface area contributed by atoms with Gasteiger partial charge in [-0.15, -0.1) is 0 Å². The van der Waals surface area contributed by atoms with Crippen molar-refractivity contribution in [2.45, 2.75) is 69.7 Å². The molecule has 4 aliphatic heterocycles. The molecular weight excluding hydrogens is 617 g/mol. The van der Waals surface area contributed by atoms with Gasteiger partial charge in [0.25, 0.3) is 6.71 Å². The van der Waals surface area contributed by atoms with E-state index in [4.69, 9.17) is 0 Å². The summed E-state index contributed by atoms with van der Waals surface area (Å²) in [6.45, 7) is 10.00. The Labute approximate surface area is 302 Å². The molecule has 0 saturated heterocycles. The van der Waals surface area contributed by atoms with Crippen LogP contribution in [0.25, 0.3) is 0 Å². The van der Waals surface area contributed by atoms with Gasteiger partial charge in [0, 0.05) is 45.0 Å². The molecule has 1 aliphatic carbocycles. The predicted octanol–water partition coefficient (Wildman–Crippen LogP) is 10.2. The maximum atomic E-state index is 2.80. The lowest BCUT2D eigenvalue weighted by Gasteiger charge is -2.52. The van der Waals surface area contributed by atoms with Crippen molar-refractivity contribution in [2.75, 3.05) is 14.7 Å². The Morgan fingerprint density at radius 1 is 0.490 bits per heavy atom. The van der Waals surface area contributed by atoms with Gasteiger partial charge in [-0.2, -0.15) is 0 Å². The molecule has 11 rings (SSSR count). The highest BCUT2D eigenvalue weighted by atomic mass is 15.3. The van der Waals surface area contributed by atoms with E-state index < -0.39 is 0 Å². The first kappa shape index (κ1) is 29.5. The molecule has 248 valence electrons. The van der Waals surface area contributed by atoms with Gasteiger partial charge in [0.2, 0.25) is 0 Å². The van der Waals surface area contributed by atoms with Crippen molar-refractivity contribution in [1.29, 1.82) is 0 Å². The molecule has 0 N–H and O–H groups in total. The van der Waals surface area contributed by atoms with E-state index in [1.165, 1.54) is 98.7 Å². The smallest absolute Gasteiger partial charge is 0.252 e. The van der Waals surface area contributed by atoms with Crippen molar-refractivity contribution in [2.24, 2.45) is 0 Å². The minimum Gasteiger partial charge on any atom is -0.335 e. The molecule has 0 aromatic heterocycles. The summed E-state index contributed by atoms with van der Waals surface area (Å²) in [5, 5.41) is 0. The maximum absolute atomic E-state index is 2.80. The number of hydrogen-bond acceptors (Lipinski definition) is 3. The number of nitrogens with zero attached hydrogens (tertiary/aromatic N) is 3. The van der Waals surface area contributed by atoms with Gasteiger partial charge >= 0.3 is 0 Å². The highest BCUT2D eigenvalue weighted by Crippen LogP contribution is 2.61. The molecule has 1 saturated carbocycles. The van der Waals surface area contributed by atoms with Gasteiger partial charge in [-0.1, -0.05) is 119 Å². The Balaban J connectivity index is 1.19. The fourth-order valence-electron chi connectivity index (χ4n) is 11.1. The normalized spacial score (nSPS) is 22.7. The highest BCUT2D eigenvalue weighted by Gasteiger charge is 2.61. The van der Waals surface area contributed by atoms with Gasteiger partial charge in [-0.25, -0.2) is 0 Å². The summed E-state index contributed by atoms with van der Waals surface area (Å²) < 4.78 is 0. The van der Waals surface area contributed by atoms with E-state index in [9.17, 15) is 0 Å². The van der Waals surface area contributed by atoms with Crippen LogP contribution >= 0.6 is 0 Å². The molecule has 2 unspecified atom stereocenters. The third-order valence-corrected chi connectivity index (χ3v) is 13.8. The number of rotatable bonds is 2. The summed E-state index contributed by atoms with van der Waals surface area (Å²) in [6, 6.07) is 50.7. The Morgan fingerprint density at radius 3 is 1.86 bits per heavy atom. The molecule has 0 bridgehead atoms. The first-order chi connectivity index (χ1) is 24.8. The number of anilines is 8. The average molecular weight is 660 g/mol. The lowest BCUT2D eigenvalue weighted by atomic mass is 9.33. The zero-order valence-electron chi connectivity index (χ0n) is 29.9. The first-order valence-corrected chi connectivity index (χ1v) is 18.9. The summed E-state index contributed by atoms with van der Waals surface area (Å²) in [5.41, 5.74) is 18.9. The second kappa shape index (κ2) is 9.97. The van der Waals surface area contributed by atoms with Crippen molar-refractivity contribution in [3.63, 3.8) is 0 Å². The molecule has 6 aromatic carbocycles. The zero-order valence-corrected chi connectivity index (χ0v) is 29.9. The first-order valence-electron chi connectivity index (χ1n) is 18.9. The molecule has 51 heavy (non-hydrogen) atoms. The molecular formula is C47H42BN3. The molecule has 0 radical (unpaired) electrons. The van der Waals surface area contributed by atoms with Crippen LogP contribution in [0.4, 0.5) is 45.5 Å². The summed E-state index contributed by atoms with van der Waals surface area (Å²) in [4.78, 5) is 7.85. The monoisotopic (exact) mass is 659 g/mol. The van der Waals surface area contributed by atoms with E-state index >= 15 is 0 Å². The van der Waals surface area contributed by atoms with Crippen LogP contribution in [-0.4, -0.2) is 12.3 Å². The van der Waals surface area contributed by atoms with E-state index in [1.54, 1.807) is 5.56 Å². The molecule has 0 spiro atoms. The van der Waals surface area contributed by atoms with Crippen LogP contribution in [0.5, 0.6) is 0 Å². The van der Waals surface area contributed by atoms with Gasteiger partial charge in [0.1, 0.15) is 0 Å². The molecule has 3 nitrogen and oxygen atoms in total. The SMILES string of the molecule is CC1(C)c2ccccc2N(c2ccc3c(c2)N(c2ccccc2)c2cccc4c2B3c2cccc3c2N4C2(C)CCCCC32C)c2ccccc21. The number of benzene rings is 6. The Hall–Kier alpha value is -5.22. The largest absolute Gasteiger partial charge is 0.335 e. The van der Waals surface area contributed by atoms with Crippen LogP contribution < -0.4 is 31.1 Å². The van der Waals surface area contributed by atoms with E-state index in [1.807, 2.05) is 0 Å². The highest BCUT2D eigenvalue weighted by molar-refractivity contribution is 7.00. The van der Waals surface area contributed by atoms with Crippen LogP contribution in [0, 0.1) is 0 Å². The molecule has 1 fully saturated rings. The summed E-state index contributed by atoms with van der Waals surface area (Å²) >= 11 is 0. The van der Waals surface area contributed by atoms with Crippen LogP contribution in [-0.2, 0) is 10.8 Å². The lowest BCUT2D eigenvalue weighted by molar-refractivity contribution is 0.195. The molecule has 0 amide bonds. The van der Waals surface area contributed by atoms with E-state index in [0.717, 1.165) is 0 Å². The van der Waals surface area contributed by atoms with E-state index in [0.29, 0.717) is 0 Å². The minimum atomic E-state index is -0.102. The standard InChI is InChI=1S/C47H42BN3/c1-45(2)33-18-8-10-22-38(33)50(39-23-11-9-19-34(39)45)32-26-27-36-42(30-32)49(31-16-6-5-7-17-31)40-24-15-25-41-43(40)48(36)37-21-14-20-35-44(37)51(41)47(4)29-13-12-28-46(35,47)3/h5-11,14-27,30H,12-13,28-29H2,1-4H3. The van der Waals surface area contributed by atoms with Crippen LogP contribution in [0.1, 0.15) is 70.1 Å². The van der Waals surface area contributed by atoms with Gasteiger partial charge in [0.05, 0.1) is 16.9 Å². The van der Waals surface area contributed by atoms with E-state index in [-0.39, 0.29) is 23.1 Å². The third-order valence-electron chi connectivity index (χ3n) is 13.8. The van der Waals surface area contributed by atoms with Crippen molar-refractivity contribution in [3.05, 3.63) is 150 Å². The van der Waals surface area contributed by atoms with Crippen molar-refractivity contribution >= 4 is 68.6 Å². The Morgan fingerprint density at radius 2 is 1.10 bits per heavy atom. The number of fused-ring (bicyclic) bond motifs is 9. The number of para-hydroxylation sites is 4. The van der Waals surface area contributed by atoms with Gasteiger partial charge in [0.15, 0.2) is 0 Å². The second-order valence-electron chi connectivity index (χ2n) is 16.4. The molecule has 2 atom stereocenters. The Bertz CT molecular complexity index is 2380. The van der Waals surface area contributed by atoms with Gasteiger partial charge in [-0.3, -0.25) is 0 Å². The molecule has 6 aromatic rings. The third kappa shape index (κ3) is 3.56. The van der Waals surface area contributed by atoms with Crippen LogP contribution in [0.15, 0.2) is 133 Å². The molecule has 4 heteroatoms. The van der Waals surface area contributed by atoms with Crippen molar-refractivity contribution in [3.8, 4) is 0 Å². The lowest BCUT2D eigenvalue weighted by Crippen LogP contribution is -2.64. The molecule has 4 heterocycles. The molecule has 5 aliphatic rings.